The van der Waals surface area contributed by atoms with Crippen LogP contribution in [-0.4, -0.2) is 22.6 Å². The second kappa shape index (κ2) is 6.03. The van der Waals surface area contributed by atoms with Crippen LogP contribution in [0.3, 0.4) is 0 Å². The van der Waals surface area contributed by atoms with Gasteiger partial charge in [-0.3, -0.25) is 4.90 Å². The van der Waals surface area contributed by atoms with Gasteiger partial charge in [-0.1, -0.05) is 55.5 Å². The van der Waals surface area contributed by atoms with Gasteiger partial charge in [0.2, 0.25) is 0 Å². The molecule has 0 aliphatic carbocycles. The van der Waals surface area contributed by atoms with Crippen LogP contribution in [0.25, 0.3) is 10.9 Å². The van der Waals surface area contributed by atoms with Gasteiger partial charge in [-0.05, 0) is 42.4 Å². The minimum atomic E-state index is 0.607. The van der Waals surface area contributed by atoms with E-state index >= 15 is 0 Å². The molecule has 1 saturated heterocycles. The van der Waals surface area contributed by atoms with Gasteiger partial charge in [0.1, 0.15) is 0 Å². The van der Waals surface area contributed by atoms with Gasteiger partial charge >= 0.3 is 0 Å². The quantitative estimate of drug-likeness (QED) is 0.640. The van der Waals surface area contributed by atoms with E-state index in [1.165, 1.54) is 48.8 Å². The molecule has 3 heterocycles. The number of aromatic nitrogens is 1. The molecule has 2 aromatic carbocycles. The lowest BCUT2D eigenvalue weighted by Gasteiger charge is -2.42. The van der Waals surface area contributed by atoms with Gasteiger partial charge in [-0.2, -0.15) is 0 Å². The minimum absolute atomic E-state index is 0.607. The molecule has 1 fully saturated rings. The van der Waals surface area contributed by atoms with Crippen molar-refractivity contribution in [1.29, 1.82) is 0 Å². The van der Waals surface area contributed by atoms with Crippen LogP contribution < -0.4 is 0 Å². The Bertz CT molecular complexity index is 893. The molecule has 5 rings (SSSR count). The highest BCUT2D eigenvalue weighted by Crippen LogP contribution is 2.42. The van der Waals surface area contributed by atoms with Crippen molar-refractivity contribution in [3.05, 3.63) is 71.4 Å². The van der Waals surface area contributed by atoms with E-state index < -0.39 is 0 Å². The molecule has 3 aromatic rings. The molecule has 2 aliphatic rings. The number of nitrogens with zero attached hydrogens (tertiary/aromatic N) is 2. The molecular formula is C23H26N2. The Hall–Kier alpha value is -2.06. The molecule has 2 aliphatic heterocycles. The number of fused-ring (bicyclic) bond motifs is 5. The first-order valence-electron chi connectivity index (χ1n) is 9.69. The molecule has 0 amide bonds. The molecule has 0 unspecified atom stereocenters. The standard InChI is InChI=1S/C23H26N2/c1-17-11-12-22-23-20(13-14-24(22)15-17)19-9-5-6-10-21(19)25(23)16-18-7-3-2-4-8-18/h2-10,17,22H,11-16H2,1H3/t17-,22+/m1/s1. The molecule has 128 valence electrons. The summed E-state index contributed by atoms with van der Waals surface area (Å²) in [6, 6.07) is 20.6. The lowest BCUT2D eigenvalue weighted by molar-refractivity contribution is 0.100. The molecule has 1 aromatic heterocycles. The van der Waals surface area contributed by atoms with Gasteiger partial charge < -0.3 is 4.57 Å². The van der Waals surface area contributed by atoms with Gasteiger partial charge in [0, 0.05) is 36.2 Å². The van der Waals surface area contributed by atoms with Gasteiger partial charge in [-0.25, -0.2) is 0 Å². The first-order chi connectivity index (χ1) is 12.3. The van der Waals surface area contributed by atoms with Crippen LogP contribution in [0, 0.1) is 5.92 Å². The van der Waals surface area contributed by atoms with Crippen LogP contribution in [0.2, 0.25) is 0 Å². The first-order valence-corrected chi connectivity index (χ1v) is 9.69. The molecule has 0 radical (unpaired) electrons. The predicted octanol–water partition coefficient (Wildman–Crippen LogP) is 5.02. The zero-order valence-electron chi connectivity index (χ0n) is 15.0. The molecule has 2 atom stereocenters. The van der Waals surface area contributed by atoms with E-state index in [-0.39, 0.29) is 0 Å². The highest BCUT2D eigenvalue weighted by atomic mass is 15.2. The summed E-state index contributed by atoms with van der Waals surface area (Å²) in [5.74, 6) is 0.838. The zero-order valence-corrected chi connectivity index (χ0v) is 15.0. The summed E-state index contributed by atoms with van der Waals surface area (Å²) in [7, 11) is 0. The van der Waals surface area contributed by atoms with Crippen molar-refractivity contribution in [2.24, 2.45) is 5.92 Å². The van der Waals surface area contributed by atoms with Gasteiger partial charge in [0.25, 0.3) is 0 Å². The fourth-order valence-corrected chi connectivity index (χ4v) is 5.03. The second-order valence-corrected chi connectivity index (χ2v) is 7.90. The van der Waals surface area contributed by atoms with E-state index in [2.05, 4.69) is 71.0 Å². The van der Waals surface area contributed by atoms with E-state index in [1.807, 2.05) is 0 Å². The Labute approximate surface area is 150 Å². The fourth-order valence-electron chi connectivity index (χ4n) is 5.03. The molecule has 2 heteroatoms. The van der Waals surface area contributed by atoms with Crippen molar-refractivity contribution in [3.63, 3.8) is 0 Å². The fraction of sp³-hybridized carbons (Fsp3) is 0.391. The maximum absolute atomic E-state index is 2.75. The average Bonchev–Trinajstić information content (AvgIpc) is 2.97. The number of hydrogen-bond acceptors (Lipinski definition) is 1. The summed E-state index contributed by atoms with van der Waals surface area (Å²) < 4.78 is 2.62. The largest absolute Gasteiger partial charge is 0.338 e. The smallest absolute Gasteiger partial charge is 0.0504 e. The maximum Gasteiger partial charge on any atom is 0.0504 e. The van der Waals surface area contributed by atoms with E-state index in [1.54, 1.807) is 11.3 Å². The monoisotopic (exact) mass is 330 g/mol. The highest BCUT2D eigenvalue weighted by molar-refractivity contribution is 5.86. The van der Waals surface area contributed by atoms with Crippen LogP contribution in [0.4, 0.5) is 0 Å². The summed E-state index contributed by atoms with van der Waals surface area (Å²) in [5, 5.41) is 1.48. The van der Waals surface area contributed by atoms with Gasteiger partial charge in [0.15, 0.2) is 0 Å². The lowest BCUT2D eigenvalue weighted by Crippen LogP contribution is -2.42. The van der Waals surface area contributed by atoms with Gasteiger partial charge in [0.05, 0.1) is 6.04 Å². The van der Waals surface area contributed by atoms with Crippen LogP contribution in [0.15, 0.2) is 54.6 Å². The summed E-state index contributed by atoms with van der Waals surface area (Å²) >= 11 is 0. The Balaban J connectivity index is 1.67. The molecule has 0 bridgehead atoms. The van der Waals surface area contributed by atoms with Crippen LogP contribution in [0.5, 0.6) is 0 Å². The van der Waals surface area contributed by atoms with E-state index in [9.17, 15) is 0 Å². The summed E-state index contributed by atoms with van der Waals surface area (Å²) in [6.45, 7) is 5.88. The molecule has 0 saturated carbocycles. The van der Waals surface area contributed by atoms with Crippen molar-refractivity contribution in [3.8, 4) is 0 Å². The molecule has 2 nitrogen and oxygen atoms in total. The number of para-hydroxylation sites is 1. The second-order valence-electron chi connectivity index (χ2n) is 7.90. The Morgan fingerprint density at radius 2 is 1.76 bits per heavy atom. The van der Waals surface area contributed by atoms with Gasteiger partial charge in [-0.15, -0.1) is 0 Å². The molecule has 0 spiro atoms. The topological polar surface area (TPSA) is 8.17 Å². The molecule has 0 N–H and O–H groups in total. The predicted molar refractivity (Wildman–Crippen MR) is 104 cm³/mol. The van der Waals surface area contributed by atoms with Crippen LogP contribution >= 0.6 is 0 Å². The molecule has 25 heavy (non-hydrogen) atoms. The summed E-state index contributed by atoms with van der Waals surface area (Å²) in [6.07, 6.45) is 3.85. The van der Waals surface area contributed by atoms with Crippen molar-refractivity contribution >= 4 is 10.9 Å². The Morgan fingerprint density at radius 3 is 2.64 bits per heavy atom. The van der Waals surface area contributed by atoms with Crippen LogP contribution in [-0.2, 0) is 13.0 Å². The zero-order chi connectivity index (χ0) is 16.8. The van der Waals surface area contributed by atoms with Crippen molar-refractivity contribution in [2.45, 2.75) is 38.8 Å². The minimum Gasteiger partial charge on any atom is -0.338 e. The van der Waals surface area contributed by atoms with Crippen molar-refractivity contribution < 1.29 is 0 Å². The third kappa shape index (κ3) is 2.51. The van der Waals surface area contributed by atoms with E-state index in [0.717, 1.165) is 12.5 Å². The van der Waals surface area contributed by atoms with Crippen molar-refractivity contribution in [1.82, 2.24) is 9.47 Å². The van der Waals surface area contributed by atoms with Crippen LogP contribution in [0.1, 0.15) is 42.6 Å². The Morgan fingerprint density at radius 1 is 0.960 bits per heavy atom. The van der Waals surface area contributed by atoms with Crippen molar-refractivity contribution in [2.75, 3.05) is 13.1 Å². The number of benzene rings is 2. The normalized spacial score (nSPS) is 23.4. The Kier molecular flexibility index (Phi) is 3.67. The summed E-state index contributed by atoms with van der Waals surface area (Å²) in [4.78, 5) is 2.75. The number of rotatable bonds is 2. The first kappa shape index (κ1) is 15.2. The summed E-state index contributed by atoms with van der Waals surface area (Å²) in [5.41, 5.74) is 6.02. The average molecular weight is 330 g/mol. The molecular weight excluding hydrogens is 304 g/mol. The number of piperidine rings is 1. The maximum atomic E-state index is 2.75. The highest BCUT2D eigenvalue weighted by Gasteiger charge is 2.35. The van der Waals surface area contributed by atoms with E-state index in [0.29, 0.717) is 6.04 Å². The number of hydrogen-bond donors (Lipinski definition) is 0. The lowest BCUT2D eigenvalue weighted by atomic mass is 9.87. The SMILES string of the molecule is C[C@@H]1CC[C@H]2c3c(c4ccccc4n3Cc3ccccc3)CCN2C1. The van der Waals surface area contributed by atoms with E-state index in [4.69, 9.17) is 0 Å². The third-order valence-electron chi connectivity index (χ3n) is 6.19. The third-order valence-corrected chi connectivity index (χ3v) is 6.19.